The van der Waals surface area contributed by atoms with Gasteiger partial charge in [0.2, 0.25) is 0 Å². The molecule has 0 bridgehead atoms. The summed E-state index contributed by atoms with van der Waals surface area (Å²) in [6.07, 6.45) is 1.97. The Bertz CT molecular complexity index is 581. The predicted octanol–water partition coefficient (Wildman–Crippen LogP) is 3.81. The van der Waals surface area contributed by atoms with E-state index in [0.717, 1.165) is 18.7 Å². The van der Waals surface area contributed by atoms with Crippen LogP contribution in [0.4, 0.5) is 5.69 Å². The van der Waals surface area contributed by atoms with E-state index >= 15 is 0 Å². The molecule has 0 radical (unpaired) electrons. The average molecular weight is 281 g/mol. The molecule has 0 amide bonds. The van der Waals surface area contributed by atoms with E-state index in [2.05, 4.69) is 36.1 Å². The van der Waals surface area contributed by atoms with E-state index in [1.165, 1.54) is 24.1 Å². The second-order valence-electron chi connectivity index (χ2n) is 6.01. The lowest BCUT2D eigenvalue weighted by atomic mass is 9.95. The number of aryl methyl sites for hydroxylation is 1. The minimum atomic E-state index is -0.403. The molecule has 2 unspecified atom stereocenters. The van der Waals surface area contributed by atoms with Gasteiger partial charge in [-0.2, -0.15) is 0 Å². The van der Waals surface area contributed by atoms with E-state index in [0.29, 0.717) is 0 Å². The van der Waals surface area contributed by atoms with Crippen LogP contribution >= 0.6 is 0 Å². The van der Waals surface area contributed by atoms with Crippen LogP contribution in [0.3, 0.4) is 0 Å². The molecule has 1 aliphatic rings. The third kappa shape index (κ3) is 3.11. The smallest absolute Gasteiger partial charge is 0.0832 e. The van der Waals surface area contributed by atoms with Crippen LogP contribution < -0.4 is 4.90 Å². The van der Waals surface area contributed by atoms with Crippen molar-refractivity contribution in [2.75, 3.05) is 18.0 Å². The summed E-state index contributed by atoms with van der Waals surface area (Å²) in [4.78, 5) is 2.43. The minimum Gasteiger partial charge on any atom is -0.388 e. The van der Waals surface area contributed by atoms with Crippen LogP contribution in [0.5, 0.6) is 0 Å². The number of hydrogen-bond donors (Lipinski definition) is 1. The Labute approximate surface area is 127 Å². The Balaban J connectivity index is 1.72. The number of anilines is 1. The molecule has 0 aromatic heterocycles. The molecule has 2 heteroatoms. The molecule has 21 heavy (non-hydrogen) atoms. The molecule has 2 nitrogen and oxygen atoms in total. The summed E-state index contributed by atoms with van der Waals surface area (Å²) in [5.41, 5.74) is 3.79. The first-order valence-electron chi connectivity index (χ1n) is 7.81. The Hall–Kier alpha value is -1.80. The van der Waals surface area contributed by atoms with Gasteiger partial charge in [0.05, 0.1) is 6.10 Å². The van der Waals surface area contributed by atoms with E-state index in [1.807, 2.05) is 30.3 Å². The number of hydrogen-bond acceptors (Lipinski definition) is 2. The Morgan fingerprint density at radius 2 is 1.76 bits per heavy atom. The maximum Gasteiger partial charge on any atom is 0.0832 e. The molecule has 0 spiro atoms. The first kappa shape index (κ1) is 14.2. The van der Waals surface area contributed by atoms with Crippen LogP contribution in [0, 0.1) is 5.92 Å². The lowest BCUT2D eigenvalue weighted by Crippen LogP contribution is -2.35. The highest BCUT2D eigenvalue weighted by molar-refractivity contribution is 5.55. The molecule has 2 aromatic rings. The Kier molecular flexibility index (Phi) is 4.26. The van der Waals surface area contributed by atoms with E-state index in [4.69, 9.17) is 0 Å². The Morgan fingerprint density at radius 1 is 1.05 bits per heavy atom. The summed E-state index contributed by atoms with van der Waals surface area (Å²) in [6, 6.07) is 18.6. The predicted molar refractivity (Wildman–Crippen MR) is 87.5 cm³/mol. The molecule has 2 aromatic carbocycles. The van der Waals surface area contributed by atoms with Gasteiger partial charge in [0.15, 0.2) is 0 Å². The zero-order valence-corrected chi connectivity index (χ0v) is 12.6. The number of rotatable bonds is 4. The first-order valence-corrected chi connectivity index (χ1v) is 7.81. The molecule has 2 atom stereocenters. The van der Waals surface area contributed by atoms with E-state index in [1.54, 1.807) is 0 Å². The number of nitrogens with zero attached hydrogens (tertiary/aromatic N) is 1. The van der Waals surface area contributed by atoms with Crippen molar-refractivity contribution in [3.63, 3.8) is 0 Å². The maximum absolute atomic E-state index is 10.5. The highest BCUT2D eigenvalue weighted by Crippen LogP contribution is 2.30. The zero-order chi connectivity index (χ0) is 14.7. The summed E-state index contributed by atoms with van der Waals surface area (Å²) in [6.45, 7) is 4.12. The van der Waals surface area contributed by atoms with Gasteiger partial charge in [-0.1, -0.05) is 55.5 Å². The van der Waals surface area contributed by atoms with Gasteiger partial charge in [-0.15, -0.1) is 0 Å². The highest BCUT2D eigenvalue weighted by Gasteiger charge is 2.22. The second-order valence-corrected chi connectivity index (χ2v) is 6.01. The summed E-state index contributed by atoms with van der Waals surface area (Å²) in [5.74, 6) is 0.207. The van der Waals surface area contributed by atoms with Crippen molar-refractivity contribution in [1.29, 1.82) is 0 Å². The normalized spacial score (nSPS) is 17.1. The van der Waals surface area contributed by atoms with Crippen molar-refractivity contribution in [2.24, 2.45) is 5.92 Å². The van der Waals surface area contributed by atoms with E-state index in [9.17, 15) is 5.11 Å². The van der Waals surface area contributed by atoms with Crippen LogP contribution in [0.15, 0.2) is 54.6 Å². The lowest BCUT2D eigenvalue weighted by molar-refractivity contribution is 0.120. The molecule has 0 saturated carbocycles. The second kappa shape index (κ2) is 6.31. The van der Waals surface area contributed by atoms with Crippen molar-refractivity contribution < 1.29 is 5.11 Å². The molecular formula is C19H23NO. The fourth-order valence-electron chi connectivity index (χ4n) is 3.23. The number of para-hydroxylation sites is 1. The largest absolute Gasteiger partial charge is 0.388 e. The quantitative estimate of drug-likeness (QED) is 0.921. The molecule has 1 heterocycles. The molecular weight excluding hydrogens is 258 g/mol. The van der Waals surface area contributed by atoms with Crippen molar-refractivity contribution in [3.8, 4) is 0 Å². The average Bonchev–Trinajstić information content (AvgIpc) is 2.55. The molecule has 0 saturated heterocycles. The van der Waals surface area contributed by atoms with Crippen molar-refractivity contribution >= 4 is 5.69 Å². The van der Waals surface area contributed by atoms with E-state index in [-0.39, 0.29) is 5.92 Å². The number of benzene rings is 2. The SMILES string of the molecule is CC(CN1CCCc2ccccc21)C(O)c1ccccc1. The summed E-state index contributed by atoms with van der Waals surface area (Å²) in [7, 11) is 0. The summed E-state index contributed by atoms with van der Waals surface area (Å²) in [5, 5.41) is 10.5. The number of fused-ring (bicyclic) bond motifs is 1. The van der Waals surface area contributed by atoms with Gasteiger partial charge < -0.3 is 10.0 Å². The van der Waals surface area contributed by atoms with Gasteiger partial charge in [0.25, 0.3) is 0 Å². The fraction of sp³-hybridized carbons (Fsp3) is 0.368. The molecule has 0 aliphatic carbocycles. The maximum atomic E-state index is 10.5. The van der Waals surface area contributed by atoms with E-state index < -0.39 is 6.10 Å². The van der Waals surface area contributed by atoms with Gasteiger partial charge in [0, 0.05) is 24.7 Å². The van der Waals surface area contributed by atoms with Crippen LogP contribution in [-0.2, 0) is 6.42 Å². The third-order valence-corrected chi connectivity index (χ3v) is 4.39. The van der Waals surface area contributed by atoms with Gasteiger partial charge in [-0.05, 0) is 30.0 Å². The van der Waals surface area contributed by atoms with Crippen molar-refractivity contribution in [1.82, 2.24) is 0 Å². The van der Waals surface area contributed by atoms with Crippen molar-refractivity contribution in [3.05, 3.63) is 65.7 Å². The summed E-state index contributed by atoms with van der Waals surface area (Å²) < 4.78 is 0. The first-order chi connectivity index (χ1) is 10.3. The minimum absolute atomic E-state index is 0.207. The van der Waals surface area contributed by atoms with Gasteiger partial charge in [-0.25, -0.2) is 0 Å². The fourth-order valence-corrected chi connectivity index (χ4v) is 3.23. The monoisotopic (exact) mass is 281 g/mol. The van der Waals surface area contributed by atoms with Crippen molar-refractivity contribution in [2.45, 2.75) is 25.9 Å². The molecule has 0 fully saturated rings. The number of aliphatic hydroxyl groups excluding tert-OH is 1. The standard InChI is InChI=1S/C19H23NO/c1-15(19(21)17-9-3-2-4-10-17)14-20-13-7-11-16-8-5-6-12-18(16)20/h2-6,8-10,12,15,19,21H,7,11,13-14H2,1H3. The molecule has 3 rings (SSSR count). The van der Waals surface area contributed by atoms with Crippen LogP contribution in [0.2, 0.25) is 0 Å². The van der Waals surface area contributed by atoms with Gasteiger partial charge >= 0.3 is 0 Å². The molecule has 1 aliphatic heterocycles. The zero-order valence-electron chi connectivity index (χ0n) is 12.6. The Morgan fingerprint density at radius 3 is 2.57 bits per heavy atom. The summed E-state index contributed by atoms with van der Waals surface area (Å²) >= 11 is 0. The molecule has 110 valence electrons. The molecule has 1 N–H and O–H groups in total. The van der Waals surface area contributed by atoms with Crippen LogP contribution in [-0.4, -0.2) is 18.2 Å². The number of aliphatic hydroxyl groups is 1. The van der Waals surface area contributed by atoms with Crippen LogP contribution in [0.1, 0.15) is 30.6 Å². The lowest BCUT2D eigenvalue weighted by Gasteiger charge is -2.34. The topological polar surface area (TPSA) is 23.5 Å². The third-order valence-electron chi connectivity index (χ3n) is 4.39. The van der Waals surface area contributed by atoms with Crippen LogP contribution in [0.25, 0.3) is 0 Å². The van der Waals surface area contributed by atoms with Gasteiger partial charge in [-0.3, -0.25) is 0 Å². The van der Waals surface area contributed by atoms with Gasteiger partial charge in [0.1, 0.15) is 0 Å². The highest BCUT2D eigenvalue weighted by atomic mass is 16.3.